The summed E-state index contributed by atoms with van der Waals surface area (Å²) in [5, 5.41) is 10.6. The first kappa shape index (κ1) is 15.6. The van der Waals surface area contributed by atoms with E-state index >= 15 is 0 Å². The molecule has 0 unspecified atom stereocenters. The Bertz CT molecular complexity index is 602. The zero-order valence-corrected chi connectivity index (χ0v) is 11.7. The number of hydrogen-bond donors (Lipinski definition) is 0. The fourth-order valence-corrected chi connectivity index (χ4v) is 2.21. The van der Waals surface area contributed by atoms with Crippen molar-refractivity contribution in [3.63, 3.8) is 0 Å². The summed E-state index contributed by atoms with van der Waals surface area (Å²) in [5.74, 6) is -1.73. The van der Waals surface area contributed by atoms with Gasteiger partial charge >= 0.3 is 0 Å². The van der Waals surface area contributed by atoms with Gasteiger partial charge in [0.25, 0.3) is 14.7 Å². The van der Waals surface area contributed by atoms with Crippen molar-refractivity contribution < 1.29 is 22.5 Å². The molecule has 0 radical (unpaired) electrons. The Balaban J connectivity index is 3.40. The van der Waals surface area contributed by atoms with Crippen molar-refractivity contribution in [2.75, 3.05) is 6.61 Å². The first-order valence-corrected chi connectivity index (χ1v) is 7.49. The number of nitro groups is 1. The topological polar surface area (TPSA) is 86.5 Å². The molecule has 0 atom stereocenters. The van der Waals surface area contributed by atoms with Crippen LogP contribution in [0.25, 0.3) is 0 Å². The molecule has 0 aromatic heterocycles. The third kappa shape index (κ3) is 4.03. The predicted octanol–water partition coefficient (Wildman–Crippen LogP) is 2.70. The number of rotatable bonds is 5. The molecule has 0 heterocycles. The second-order valence-electron chi connectivity index (χ2n) is 4.15. The van der Waals surface area contributed by atoms with Crippen LogP contribution in [0.2, 0.25) is 0 Å². The highest BCUT2D eigenvalue weighted by molar-refractivity contribution is 8.13. The Hall–Kier alpha value is -1.41. The molecule has 0 aliphatic rings. The van der Waals surface area contributed by atoms with Crippen molar-refractivity contribution >= 4 is 25.4 Å². The smallest absolute Gasteiger partial charge is 0.273 e. The standard InChI is InChI=1S/C10H11ClFNO5S/c1-6(2)5-18-10-8(12)3-7(13(14)15)4-9(10)19(11,16)17/h3-4,6H,5H2,1-2H3. The van der Waals surface area contributed by atoms with Crippen LogP contribution in [0.3, 0.4) is 0 Å². The van der Waals surface area contributed by atoms with E-state index in [1.54, 1.807) is 13.8 Å². The summed E-state index contributed by atoms with van der Waals surface area (Å²) in [7, 11) is 0.774. The van der Waals surface area contributed by atoms with Crippen molar-refractivity contribution in [3.8, 4) is 5.75 Å². The first-order valence-electron chi connectivity index (χ1n) is 5.18. The highest BCUT2D eigenvalue weighted by Crippen LogP contribution is 2.34. The number of hydrogen-bond acceptors (Lipinski definition) is 5. The molecule has 6 nitrogen and oxygen atoms in total. The van der Waals surface area contributed by atoms with Crippen LogP contribution >= 0.6 is 10.7 Å². The molecule has 0 spiro atoms. The highest BCUT2D eigenvalue weighted by atomic mass is 35.7. The molecular formula is C10H11ClFNO5S. The molecule has 9 heteroatoms. The lowest BCUT2D eigenvalue weighted by Crippen LogP contribution is -2.09. The molecule has 1 aromatic carbocycles. The van der Waals surface area contributed by atoms with Gasteiger partial charge < -0.3 is 4.74 Å². The molecule has 0 saturated carbocycles. The zero-order valence-electron chi connectivity index (χ0n) is 10.1. The number of nitro benzene ring substituents is 1. The van der Waals surface area contributed by atoms with Gasteiger partial charge in [-0.15, -0.1) is 0 Å². The molecule has 0 amide bonds. The van der Waals surface area contributed by atoms with Gasteiger partial charge in [-0.3, -0.25) is 10.1 Å². The third-order valence-electron chi connectivity index (χ3n) is 2.03. The van der Waals surface area contributed by atoms with E-state index in [0.717, 1.165) is 0 Å². The van der Waals surface area contributed by atoms with Gasteiger partial charge in [-0.25, -0.2) is 12.8 Å². The Morgan fingerprint density at radius 2 is 2.05 bits per heavy atom. The Morgan fingerprint density at radius 1 is 1.47 bits per heavy atom. The lowest BCUT2D eigenvalue weighted by atomic mass is 10.2. The summed E-state index contributed by atoms with van der Waals surface area (Å²) in [6.45, 7) is 3.60. The minimum atomic E-state index is -4.36. The Kier molecular flexibility index (Phi) is 4.70. The van der Waals surface area contributed by atoms with E-state index in [9.17, 15) is 22.9 Å². The molecule has 0 bridgehead atoms. The van der Waals surface area contributed by atoms with Gasteiger partial charge in [-0.1, -0.05) is 13.8 Å². The van der Waals surface area contributed by atoms with Gasteiger partial charge in [0, 0.05) is 16.7 Å². The fourth-order valence-electron chi connectivity index (χ4n) is 1.23. The number of nitrogens with zero attached hydrogens (tertiary/aromatic N) is 1. The highest BCUT2D eigenvalue weighted by Gasteiger charge is 2.26. The number of non-ortho nitro benzene ring substituents is 1. The van der Waals surface area contributed by atoms with Gasteiger partial charge in [-0.05, 0) is 5.92 Å². The summed E-state index contributed by atoms with van der Waals surface area (Å²) < 4.78 is 41.4. The van der Waals surface area contributed by atoms with Gasteiger partial charge in [0.15, 0.2) is 11.6 Å². The van der Waals surface area contributed by atoms with Gasteiger partial charge in [-0.2, -0.15) is 0 Å². The third-order valence-corrected chi connectivity index (χ3v) is 3.36. The van der Waals surface area contributed by atoms with Crippen LogP contribution in [0.1, 0.15) is 13.8 Å². The van der Waals surface area contributed by atoms with Crippen molar-refractivity contribution in [3.05, 3.63) is 28.1 Å². The molecule has 1 rings (SSSR count). The van der Waals surface area contributed by atoms with E-state index in [-0.39, 0.29) is 12.5 Å². The largest absolute Gasteiger partial charge is 0.489 e. The second kappa shape index (κ2) is 5.70. The van der Waals surface area contributed by atoms with E-state index in [1.807, 2.05) is 0 Å². The van der Waals surface area contributed by atoms with E-state index < -0.39 is 36.1 Å². The Labute approximate surface area is 113 Å². The molecule has 106 valence electrons. The molecular weight excluding hydrogens is 301 g/mol. The van der Waals surface area contributed by atoms with Gasteiger partial charge in [0.05, 0.1) is 17.6 Å². The SMILES string of the molecule is CC(C)COc1c(F)cc([N+](=O)[O-])cc1S(=O)(=O)Cl. The van der Waals surface area contributed by atoms with E-state index in [4.69, 9.17) is 15.4 Å². The normalized spacial score (nSPS) is 11.6. The van der Waals surface area contributed by atoms with Gasteiger partial charge in [0.1, 0.15) is 4.90 Å². The van der Waals surface area contributed by atoms with Crippen LogP contribution in [0, 0.1) is 21.8 Å². The van der Waals surface area contributed by atoms with Crippen molar-refractivity contribution in [2.24, 2.45) is 5.92 Å². The molecule has 19 heavy (non-hydrogen) atoms. The summed E-state index contributed by atoms with van der Waals surface area (Å²) >= 11 is 0. The van der Waals surface area contributed by atoms with Crippen LogP contribution in [0.5, 0.6) is 5.75 Å². The molecule has 0 aliphatic heterocycles. The van der Waals surface area contributed by atoms with E-state index in [1.165, 1.54) is 0 Å². The monoisotopic (exact) mass is 311 g/mol. The maximum atomic E-state index is 13.7. The van der Waals surface area contributed by atoms with Crippen LogP contribution < -0.4 is 4.74 Å². The second-order valence-corrected chi connectivity index (χ2v) is 6.69. The predicted molar refractivity (Wildman–Crippen MR) is 66.4 cm³/mol. The maximum absolute atomic E-state index is 13.7. The summed E-state index contributed by atoms with van der Waals surface area (Å²) in [6, 6.07) is 1.25. The number of benzene rings is 1. The summed E-state index contributed by atoms with van der Waals surface area (Å²) in [4.78, 5) is 8.91. The molecule has 0 N–H and O–H groups in total. The van der Waals surface area contributed by atoms with Crippen LogP contribution in [-0.2, 0) is 9.05 Å². The fraction of sp³-hybridized carbons (Fsp3) is 0.400. The molecule has 0 saturated heterocycles. The van der Waals surface area contributed by atoms with E-state index in [2.05, 4.69) is 0 Å². The summed E-state index contributed by atoms with van der Waals surface area (Å²) in [5.41, 5.74) is -0.714. The quantitative estimate of drug-likeness (QED) is 0.474. The minimum Gasteiger partial charge on any atom is -0.489 e. The van der Waals surface area contributed by atoms with Crippen molar-refractivity contribution in [1.29, 1.82) is 0 Å². The Morgan fingerprint density at radius 3 is 2.47 bits per heavy atom. The van der Waals surface area contributed by atoms with Gasteiger partial charge in [0.2, 0.25) is 0 Å². The molecule has 1 aromatic rings. The first-order chi connectivity index (χ1) is 8.62. The molecule has 0 fully saturated rings. The van der Waals surface area contributed by atoms with Crippen LogP contribution in [0.15, 0.2) is 17.0 Å². The van der Waals surface area contributed by atoms with E-state index in [0.29, 0.717) is 12.1 Å². The number of halogens is 2. The average molecular weight is 312 g/mol. The molecule has 0 aliphatic carbocycles. The maximum Gasteiger partial charge on any atom is 0.273 e. The summed E-state index contributed by atoms with van der Waals surface area (Å²) in [6.07, 6.45) is 0. The lowest BCUT2D eigenvalue weighted by Gasteiger charge is -2.12. The van der Waals surface area contributed by atoms with Crippen molar-refractivity contribution in [2.45, 2.75) is 18.7 Å². The number of ether oxygens (including phenoxy) is 1. The lowest BCUT2D eigenvalue weighted by molar-refractivity contribution is -0.385. The van der Waals surface area contributed by atoms with Crippen molar-refractivity contribution in [1.82, 2.24) is 0 Å². The van der Waals surface area contributed by atoms with Crippen LogP contribution in [-0.4, -0.2) is 19.9 Å². The van der Waals surface area contributed by atoms with Crippen LogP contribution in [0.4, 0.5) is 10.1 Å². The zero-order chi connectivity index (χ0) is 14.8. The minimum absolute atomic E-state index is 0.0143. The average Bonchev–Trinajstić information content (AvgIpc) is 2.24.